The Morgan fingerprint density at radius 1 is 1.12 bits per heavy atom. The highest BCUT2D eigenvalue weighted by Gasteiger charge is 2.27. The van der Waals surface area contributed by atoms with Crippen LogP contribution in [0.5, 0.6) is 0 Å². The molecule has 0 radical (unpaired) electrons. The predicted octanol–water partition coefficient (Wildman–Crippen LogP) is 5.04. The molecule has 25 heavy (non-hydrogen) atoms. The molecule has 0 aliphatic carbocycles. The second-order valence-electron chi connectivity index (χ2n) is 6.35. The number of hydrogen-bond donors (Lipinski definition) is 1. The van der Waals surface area contributed by atoms with Crippen molar-refractivity contribution in [3.63, 3.8) is 0 Å². The second-order valence-corrected chi connectivity index (χ2v) is 7.17. The van der Waals surface area contributed by atoms with E-state index in [0.717, 1.165) is 6.54 Å². The van der Waals surface area contributed by atoms with Gasteiger partial charge in [-0.15, -0.1) is 0 Å². The minimum absolute atomic E-state index is 0.175. The van der Waals surface area contributed by atoms with E-state index in [2.05, 4.69) is 48.3 Å². The zero-order valence-corrected chi connectivity index (χ0v) is 15.8. The molecule has 2 aromatic rings. The molecule has 0 saturated carbocycles. The summed E-state index contributed by atoms with van der Waals surface area (Å²) in [7, 11) is 0. The molecule has 1 aliphatic rings. The van der Waals surface area contributed by atoms with Crippen molar-refractivity contribution in [3.8, 4) is 0 Å². The van der Waals surface area contributed by atoms with Gasteiger partial charge in [-0.25, -0.2) is 4.79 Å². The number of nitrogens with one attached hydrogen (secondary N) is 1. The van der Waals surface area contributed by atoms with Gasteiger partial charge in [0, 0.05) is 31.4 Å². The third-order valence-corrected chi connectivity index (χ3v) is 5.07. The van der Waals surface area contributed by atoms with Gasteiger partial charge in [0.1, 0.15) is 0 Å². The summed E-state index contributed by atoms with van der Waals surface area (Å²) in [6.45, 7) is 6.29. The van der Waals surface area contributed by atoms with Crippen LogP contribution in [0, 0.1) is 6.92 Å². The smallest absolute Gasteiger partial charge is 0.322 e. The summed E-state index contributed by atoms with van der Waals surface area (Å²) < 4.78 is 0. The Bertz CT molecular complexity index is 761. The molecule has 6 heteroatoms. The Morgan fingerprint density at radius 2 is 1.80 bits per heavy atom. The van der Waals surface area contributed by atoms with Crippen LogP contribution >= 0.6 is 23.2 Å². The fourth-order valence-electron chi connectivity index (χ4n) is 3.14. The lowest BCUT2D eigenvalue weighted by molar-refractivity contribution is 0.200. The molecule has 2 aromatic carbocycles. The van der Waals surface area contributed by atoms with Crippen molar-refractivity contribution in [2.24, 2.45) is 0 Å². The van der Waals surface area contributed by atoms with Gasteiger partial charge in [0.15, 0.2) is 0 Å². The number of urea groups is 1. The van der Waals surface area contributed by atoms with Gasteiger partial charge >= 0.3 is 6.03 Å². The third kappa shape index (κ3) is 4.02. The average molecular weight is 378 g/mol. The van der Waals surface area contributed by atoms with Crippen molar-refractivity contribution in [3.05, 3.63) is 58.1 Å². The molecule has 2 amide bonds. The molecule has 3 rings (SSSR count). The minimum atomic E-state index is -0.175. The van der Waals surface area contributed by atoms with E-state index in [1.807, 2.05) is 0 Å². The lowest BCUT2D eigenvalue weighted by atomic mass is 10.1. The molecule has 1 fully saturated rings. The van der Waals surface area contributed by atoms with E-state index in [1.54, 1.807) is 23.1 Å². The van der Waals surface area contributed by atoms with Crippen LogP contribution in [0.2, 0.25) is 10.0 Å². The standard InChI is InChI=1S/C19H21Cl2N3O/c1-13-5-3-6-15(11-13)24-10-9-23(12-14(24)2)19(25)22-18-16(20)7-4-8-17(18)21/h3-8,11,14H,9-10,12H2,1-2H3,(H,22,25). The molecule has 0 spiro atoms. The summed E-state index contributed by atoms with van der Waals surface area (Å²) in [4.78, 5) is 16.7. The van der Waals surface area contributed by atoms with Crippen molar-refractivity contribution < 1.29 is 4.79 Å². The summed E-state index contributed by atoms with van der Waals surface area (Å²) in [5.74, 6) is 0. The number of nitrogens with zero attached hydrogens (tertiary/aromatic N) is 2. The van der Waals surface area contributed by atoms with Gasteiger partial charge in [0.25, 0.3) is 0 Å². The van der Waals surface area contributed by atoms with E-state index >= 15 is 0 Å². The van der Waals surface area contributed by atoms with Crippen LogP contribution in [0.1, 0.15) is 12.5 Å². The third-order valence-electron chi connectivity index (χ3n) is 4.44. The maximum absolute atomic E-state index is 12.6. The Hall–Kier alpha value is -1.91. The van der Waals surface area contributed by atoms with Crippen LogP contribution in [0.3, 0.4) is 0 Å². The first-order valence-corrected chi connectivity index (χ1v) is 9.04. The highest BCUT2D eigenvalue weighted by molar-refractivity contribution is 6.39. The SMILES string of the molecule is Cc1cccc(N2CCN(C(=O)Nc3c(Cl)cccc3Cl)CC2C)c1. The van der Waals surface area contributed by atoms with Gasteiger partial charge < -0.3 is 15.1 Å². The number of carbonyl (C=O) groups is 1. The Morgan fingerprint density at radius 3 is 2.44 bits per heavy atom. The van der Waals surface area contributed by atoms with E-state index < -0.39 is 0 Å². The molecule has 1 heterocycles. The second kappa shape index (κ2) is 7.54. The highest BCUT2D eigenvalue weighted by Crippen LogP contribution is 2.30. The largest absolute Gasteiger partial charge is 0.365 e. The fourth-order valence-corrected chi connectivity index (χ4v) is 3.63. The number of anilines is 2. The number of aryl methyl sites for hydroxylation is 1. The van der Waals surface area contributed by atoms with E-state index in [0.29, 0.717) is 28.8 Å². The molecular formula is C19H21Cl2N3O. The normalized spacial score (nSPS) is 17.5. The average Bonchev–Trinajstić information content (AvgIpc) is 2.58. The molecule has 1 unspecified atom stereocenters. The quantitative estimate of drug-likeness (QED) is 0.794. The first-order valence-electron chi connectivity index (χ1n) is 8.29. The Balaban J connectivity index is 1.67. The topological polar surface area (TPSA) is 35.6 Å². The van der Waals surface area contributed by atoms with Gasteiger partial charge in [-0.05, 0) is 43.7 Å². The zero-order chi connectivity index (χ0) is 18.0. The maximum Gasteiger partial charge on any atom is 0.322 e. The lowest BCUT2D eigenvalue weighted by Gasteiger charge is -2.41. The van der Waals surface area contributed by atoms with Crippen LogP contribution in [-0.2, 0) is 0 Å². The van der Waals surface area contributed by atoms with Crippen molar-refractivity contribution in [2.45, 2.75) is 19.9 Å². The number of hydrogen-bond acceptors (Lipinski definition) is 2. The zero-order valence-electron chi connectivity index (χ0n) is 14.3. The van der Waals surface area contributed by atoms with Gasteiger partial charge in [0.05, 0.1) is 15.7 Å². The van der Waals surface area contributed by atoms with Crippen molar-refractivity contribution >= 4 is 40.6 Å². The first-order chi connectivity index (χ1) is 12.0. The lowest BCUT2D eigenvalue weighted by Crippen LogP contribution is -2.54. The summed E-state index contributed by atoms with van der Waals surface area (Å²) in [5, 5.41) is 3.71. The van der Waals surface area contributed by atoms with Crippen molar-refractivity contribution in [1.82, 2.24) is 4.90 Å². The Labute approximate surface area is 158 Å². The summed E-state index contributed by atoms with van der Waals surface area (Å²) in [6, 6.07) is 13.7. The van der Waals surface area contributed by atoms with Crippen LogP contribution in [0.15, 0.2) is 42.5 Å². The molecule has 1 aliphatic heterocycles. The summed E-state index contributed by atoms with van der Waals surface area (Å²) >= 11 is 12.3. The summed E-state index contributed by atoms with van der Waals surface area (Å²) in [6.07, 6.45) is 0. The van der Waals surface area contributed by atoms with E-state index in [-0.39, 0.29) is 12.1 Å². The number of benzene rings is 2. The molecule has 1 atom stereocenters. The van der Waals surface area contributed by atoms with Gasteiger partial charge in [-0.1, -0.05) is 41.4 Å². The number of carbonyl (C=O) groups excluding carboxylic acids is 1. The van der Waals surface area contributed by atoms with E-state index in [4.69, 9.17) is 23.2 Å². The van der Waals surface area contributed by atoms with Crippen molar-refractivity contribution in [2.75, 3.05) is 29.9 Å². The number of piperazine rings is 1. The van der Waals surface area contributed by atoms with Crippen LogP contribution in [-0.4, -0.2) is 36.6 Å². The number of rotatable bonds is 2. The first kappa shape index (κ1) is 17.9. The molecule has 1 saturated heterocycles. The van der Waals surface area contributed by atoms with E-state index in [9.17, 15) is 4.79 Å². The molecule has 4 nitrogen and oxygen atoms in total. The molecule has 1 N–H and O–H groups in total. The van der Waals surface area contributed by atoms with Gasteiger partial charge in [0.2, 0.25) is 0 Å². The maximum atomic E-state index is 12.6. The van der Waals surface area contributed by atoms with Crippen LogP contribution < -0.4 is 10.2 Å². The monoisotopic (exact) mass is 377 g/mol. The molecule has 132 valence electrons. The van der Waals surface area contributed by atoms with Gasteiger partial charge in [-0.3, -0.25) is 0 Å². The summed E-state index contributed by atoms with van der Waals surface area (Å²) in [5.41, 5.74) is 2.89. The number of para-hydroxylation sites is 1. The fraction of sp³-hybridized carbons (Fsp3) is 0.316. The number of amides is 2. The van der Waals surface area contributed by atoms with E-state index in [1.165, 1.54) is 11.3 Å². The molecule has 0 aromatic heterocycles. The molecule has 0 bridgehead atoms. The van der Waals surface area contributed by atoms with Crippen LogP contribution in [0.4, 0.5) is 16.2 Å². The van der Waals surface area contributed by atoms with Crippen molar-refractivity contribution in [1.29, 1.82) is 0 Å². The van der Waals surface area contributed by atoms with Crippen LogP contribution in [0.25, 0.3) is 0 Å². The predicted molar refractivity (Wildman–Crippen MR) is 105 cm³/mol. The highest BCUT2D eigenvalue weighted by atomic mass is 35.5. The van der Waals surface area contributed by atoms with Gasteiger partial charge in [-0.2, -0.15) is 0 Å². The number of halogens is 2. The molecular weight excluding hydrogens is 357 g/mol. The Kier molecular flexibility index (Phi) is 5.40. The minimum Gasteiger partial charge on any atom is -0.365 e.